The van der Waals surface area contributed by atoms with Crippen molar-refractivity contribution < 1.29 is 4.79 Å². The zero-order valence-corrected chi connectivity index (χ0v) is 12.5. The molecular weight excluding hydrogens is 268 g/mol. The number of nitrogens with zero attached hydrogens (tertiary/aromatic N) is 2. The molecule has 1 aromatic heterocycles. The standard InChI is InChI=1S/C13H19ClN2OS/c1-13(2)4-3-5-16(9-13)12(17)6-11-15-10(7-14)8-18-11/h8H,3-7,9H2,1-2H3. The summed E-state index contributed by atoms with van der Waals surface area (Å²) in [5.74, 6) is 0.611. The molecule has 0 bridgehead atoms. The lowest BCUT2D eigenvalue weighted by Crippen LogP contribution is -2.44. The minimum Gasteiger partial charge on any atom is -0.342 e. The highest BCUT2D eigenvalue weighted by Gasteiger charge is 2.29. The van der Waals surface area contributed by atoms with Gasteiger partial charge in [-0.2, -0.15) is 0 Å². The Labute approximate surface area is 117 Å². The maximum Gasteiger partial charge on any atom is 0.229 e. The molecule has 100 valence electrons. The van der Waals surface area contributed by atoms with Crippen LogP contribution in [0.15, 0.2) is 5.38 Å². The molecule has 1 amide bonds. The van der Waals surface area contributed by atoms with Gasteiger partial charge in [-0.15, -0.1) is 22.9 Å². The average molecular weight is 287 g/mol. The highest BCUT2D eigenvalue weighted by molar-refractivity contribution is 7.09. The van der Waals surface area contributed by atoms with E-state index in [-0.39, 0.29) is 11.3 Å². The molecule has 0 saturated carbocycles. The van der Waals surface area contributed by atoms with Crippen molar-refractivity contribution in [3.63, 3.8) is 0 Å². The zero-order chi connectivity index (χ0) is 13.2. The number of aromatic nitrogens is 1. The van der Waals surface area contributed by atoms with Gasteiger partial charge >= 0.3 is 0 Å². The van der Waals surface area contributed by atoms with Gasteiger partial charge in [-0.1, -0.05) is 13.8 Å². The lowest BCUT2D eigenvalue weighted by atomic mass is 9.84. The summed E-state index contributed by atoms with van der Waals surface area (Å²) >= 11 is 7.23. The molecule has 0 atom stereocenters. The molecule has 5 heteroatoms. The molecule has 0 radical (unpaired) electrons. The van der Waals surface area contributed by atoms with Crippen LogP contribution in [0.2, 0.25) is 0 Å². The Balaban J connectivity index is 1.95. The summed E-state index contributed by atoms with van der Waals surface area (Å²) < 4.78 is 0. The van der Waals surface area contributed by atoms with Crippen LogP contribution < -0.4 is 0 Å². The van der Waals surface area contributed by atoms with E-state index >= 15 is 0 Å². The van der Waals surface area contributed by atoms with E-state index in [0.29, 0.717) is 12.3 Å². The SMILES string of the molecule is CC1(C)CCCN(C(=O)Cc2nc(CCl)cs2)C1. The summed E-state index contributed by atoms with van der Waals surface area (Å²) in [6.07, 6.45) is 2.71. The Kier molecular flexibility index (Phi) is 4.28. The molecule has 2 rings (SSSR count). The van der Waals surface area contributed by atoms with Crippen molar-refractivity contribution in [1.82, 2.24) is 9.88 Å². The van der Waals surface area contributed by atoms with E-state index < -0.39 is 0 Å². The molecule has 2 heterocycles. The predicted molar refractivity (Wildman–Crippen MR) is 75.0 cm³/mol. The molecule has 0 aromatic carbocycles. The van der Waals surface area contributed by atoms with Crippen LogP contribution in [-0.2, 0) is 17.1 Å². The van der Waals surface area contributed by atoms with Crippen LogP contribution in [0.5, 0.6) is 0 Å². The first-order chi connectivity index (χ1) is 8.50. The third-order valence-electron chi connectivity index (χ3n) is 3.29. The predicted octanol–water partition coefficient (Wildman–Crippen LogP) is 3.07. The number of carbonyl (C=O) groups is 1. The van der Waals surface area contributed by atoms with Gasteiger partial charge < -0.3 is 4.90 Å². The summed E-state index contributed by atoms with van der Waals surface area (Å²) in [6.45, 7) is 6.19. The van der Waals surface area contributed by atoms with Gasteiger partial charge in [0.1, 0.15) is 5.01 Å². The monoisotopic (exact) mass is 286 g/mol. The van der Waals surface area contributed by atoms with Crippen molar-refractivity contribution in [1.29, 1.82) is 0 Å². The van der Waals surface area contributed by atoms with Crippen LogP contribution in [0.4, 0.5) is 0 Å². The Bertz CT molecular complexity index is 430. The normalized spacial score (nSPS) is 18.9. The molecule has 1 saturated heterocycles. The van der Waals surface area contributed by atoms with Crippen LogP contribution in [0.3, 0.4) is 0 Å². The number of rotatable bonds is 3. The third-order valence-corrected chi connectivity index (χ3v) is 4.46. The second-order valence-corrected chi connectivity index (χ2v) is 6.84. The number of thiazole rings is 1. The number of amides is 1. The van der Waals surface area contributed by atoms with E-state index in [1.807, 2.05) is 10.3 Å². The number of piperidine rings is 1. The number of likely N-dealkylation sites (tertiary alicyclic amines) is 1. The lowest BCUT2D eigenvalue weighted by Gasteiger charge is -2.38. The highest BCUT2D eigenvalue weighted by Crippen LogP contribution is 2.28. The Morgan fingerprint density at radius 1 is 1.61 bits per heavy atom. The number of carbonyl (C=O) groups excluding carboxylic acids is 1. The van der Waals surface area contributed by atoms with Gasteiger partial charge in [-0.25, -0.2) is 4.98 Å². The summed E-state index contributed by atoms with van der Waals surface area (Å²) in [5.41, 5.74) is 1.11. The molecule has 3 nitrogen and oxygen atoms in total. The van der Waals surface area contributed by atoms with Gasteiger partial charge in [0, 0.05) is 18.5 Å². The average Bonchev–Trinajstić information content (AvgIpc) is 2.75. The van der Waals surface area contributed by atoms with Gasteiger partial charge in [0.05, 0.1) is 18.0 Å². The number of hydrogen-bond donors (Lipinski definition) is 0. The smallest absolute Gasteiger partial charge is 0.229 e. The van der Waals surface area contributed by atoms with Crippen LogP contribution in [0.25, 0.3) is 0 Å². The lowest BCUT2D eigenvalue weighted by molar-refractivity contribution is -0.133. The Hall–Kier alpha value is -0.610. The van der Waals surface area contributed by atoms with Crippen molar-refractivity contribution in [2.24, 2.45) is 5.41 Å². The van der Waals surface area contributed by atoms with Gasteiger partial charge in [0.25, 0.3) is 0 Å². The molecule has 0 spiro atoms. The molecule has 18 heavy (non-hydrogen) atoms. The van der Waals surface area contributed by atoms with Crippen molar-refractivity contribution in [3.05, 3.63) is 16.1 Å². The fourth-order valence-electron chi connectivity index (χ4n) is 2.37. The number of halogens is 1. The Morgan fingerprint density at radius 3 is 3.00 bits per heavy atom. The summed E-state index contributed by atoms with van der Waals surface area (Å²) in [7, 11) is 0. The van der Waals surface area contributed by atoms with Gasteiger partial charge in [-0.05, 0) is 18.3 Å². The van der Waals surface area contributed by atoms with Crippen LogP contribution in [0.1, 0.15) is 37.4 Å². The van der Waals surface area contributed by atoms with Gasteiger partial charge in [0.2, 0.25) is 5.91 Å². The van der Waals surface area contributed by atoms with E-state index in [0.717, 1.165) is 30.2 Å². The molecule has 0 N–H and O–H groups in total. The molecule has 1 aliphatic heterocycles. The molecular formula is C13H19ClN2OS. The van der Waals surface area contributed by atoms with E-state index in [2.05, 4.69) is 18.8 Å². The van der Waals surface area contributed by atoms with Crippen LogP contribution in [0, 0.1) is 5.41 Å². The van der Waals surface area contributed by atoms with Crippen molar-refractivity contribution >= 4 is 28.8 Å². The minimum atomic E-state index is 0.193. The number of hydrogen-bond acceptors (Lipinski definition) is 3. The third kappa shape index (κ3) is 3.45. The fraction of sp³-hybridized carbons (Fsp3) is 0.692. The van der Waals surface area contributed by atoms with Crippen LogP contribution >= 0.6 is 22.9 Å². The van der Waals surface area contributed by atoms with E-state index in [4.69, 9.17) is 11.6 Å². The first-order valence-electron chi connectivity index (χ1n) is 6.27. The zero-order valence-electron chi connectivity index (χ0n) is 10.9. The molecule has 1 aromatic rings. The topological polar surface area (TPSA) is 33.2 Å². The molecule has 0 aliphatic carbocycles. The molecule has 1 aliphatic rings. The fourth-order valence-corrected chi connectivity index (χ4v) is 3.38. The minimum absolute atomic E-state index is 0.193. The van der Waals surface area contributed by atoms with Gasteiger partial charge in [-0.3, -0.25) is 4.79 Å². The van der Waals surface area contributed by atoms with Gasteiger partial charge in [0.15, 0.2) is 0 Å². The van der Waals surface area contributed by atoms with Crippen molar-refractivity contribution in [3.8, 4) is 0 Å². The maximum absolute atomic E-state index is 12.2. The first-order valence-corrected chi connectivity index (χ1v) is 7.69. The van der Waals surface area contributed by atoms with E-state index in [1.165, 1.54) is 17.8 Å². The summed E-state index contributed by atoms with van der Waals surface area (Å²) in [6, 6.07) is 0. The second kappa shape index (κ2) is 5.57. The molecule has 1 fully saturated rings. The quantitative estimate of drug-likeness (QED) is 0.800. The maximum atomic E-state index is 12.2. The van der Waals surface area contributed by atoms with Crippen molar-refractivity contribution in [2.75, 3.05) is 13.1 Å². The second-order valence-electron chi connectivity index (χ2n) is 5.63. The van der Waals surface area contributed by atoms with E-state index in [1.54, 1.807) is 0 Å². The Morgan fingerprint density at radius 2 is 2.39 bits per heavy atom. The van der Waals surface area contributed by atoms with E-state index in [9.17, 15) is 4.79 Å². The highest BCUT2D eigenvalue weighted by atomic mass is 35.5. The largest absolute Gasteiger partial charge is 0.342 e. The molecule has 0 unspecified atom stereocenters. The van der Waals surface area contributed by atoms with Crippen LogP contribution in [-0.4, -0.2) is 28.9 Å². The summed E-state index contributed by atoms with van der Waals surface area (Å²) in [5, 5.41) is 2.80. The first kappa shape index (κ1) is 13.8. The summed E-state index contributed by atoms with van der Waals surface area (Å²) in [4.78, 5) is 18.5. The van der Waals surface area contributed by atoms with Crippen molar-refractivity contribution in [2.45, 2.75) is 39.0 Å². The number of alkyl halides is 1.